The van der Waals surface area contributed by atoms with Gasteiger partial charge in [0.15, 0.2) is 5.76 Å². The molecule has 4 nitrogen and oxygen atoms in total. The first kappa shape index (κ1) is 13.6. The predicted molar refractivity (Wildman–Crippen MR) is 74.2 cm³/mol. The number of aromatic nitrogens is 1. The lowest BCUT2D eigenvalue weighted by Crippen LogP contribution is -2.12. The minimum atomic E-state index is 0.338. The fraction of sp³-hybridized carbons (Fsp3) is 0.400. The van der Waals surface area contributed by atoms with Gasteiger partial charge < -0.3 is 14.6 Å². The molecule has 4 heteroatoms. The minimum absolute atomic E-state index is 0.338. The summed E-state index contributed by atoms with van der Waals surface area (Å²) in [7, 11) is 1.96. The third-order valence-corrected chi connectivity index (χ3v) is 3.18. The molecule has 0 saturated heterocycles. The lowest BCUT2D eigenvalue weighted by Gasteiger charge is -2.14. The first-order chi connectivity index (χ1) is 9.10. The van der Waals surface area contributed by atoms with Crippen molar-refractivity contribution in [2.24, 2.45) is 0 Å². The summed E-state index contributed by atoms with van der Waals surface area (Å²) in [5.74, 6) is 1.62. The number of aryl methyl sites for hydroxylation is 2. The van der Waals surface area contributed by atoms with Gasteiger partial charge in [-0.2, -0.15) is 0 Å². The Kier molecular flexibility index (Phi) is 4.22. The highest BCUT2D eigenvalue weighted by atomic mass is 16.5. The molecule has 19 heavy (non-hydrogen) atoms. The van der Waals surface area contributed by atoms with Gasteiger partial charge >= 0.3 is 0 Å². The van der Waals surface area contributed by atoms with E-state index in [1.54, 1.807) is 0 Å². The number of hydrogen-bond acceptors (Lipinski definition) is 4. The van der Waals surface area contributed by atoms with Crippen molar-refractivity contribution in [2.75, 3.05) is 7.05 Å². The van der Waals surface area contributed by atoms with E-state index in [4.69, 9.17) is 9.26 Å². The summed E-state index contributed by atoms with van der Waals surface area (Å²) in [6.07, 6.45) is 0. The van der Waals surface area contributed by atoms with Crippen LogP contribution in [0.1, 0.15) is 35.5 Å². The van der Waals surface area contributed by atoms with Gasteiger partial charge in [0.05, 0.1) is 5.69 Å². The van der Waals surface area contributed by atoms with Crippen molar-refractivity contribution in [3.8, 4) is 5.75 Å². The lowest BCUT2D eigenvalue weighted by atomic mass is 10.1. The van der Waals surface area contributed by atoms with Gasteiger partial charge in [-0.15, -0.1) is 0 Å². The Morgan fingerprint density at radius 2 is 2.11 bits per heavy atom. The van der Waals surface area contributed by atoms with Crippen molar-refractivity contribution in [2.45, 2.75) is 33.4 Å². The molecular weight excluding hydrogens is 240 g/mol. The van der Waals surface area contributed by atoms with Gasteiger partial charge in [-0.1, -0.05) is 17.3 Å². The largest absolute Gasteiger partial charge is 0.485 e. The molecule has 0 aliphatic heterocycles. The molecule has 0 aliphatic carbocycles. The predicted octanol–water partition coefficient (Wildman–Crippen LogP) is 3.15. The number of ether oxygens (including phenoxy) is 1. The Labute approximate surface area is 113 Å². The van der Waals surface area contributed by atoms with Crippen LogP contribution in [0.4, 0.5) is 0 Å². The van der Waals surface area contributed by atoms with E-state index in [0.717, 1.165) is 22.8 Å². The standard InChI is InChI=1S/C15H20N2O2/c1-10-7-13(12(3)16-4)5-6-15(10)18-9-14-8-11(2)17-19-14/h5-8,12,16H,9H2,1-4H3. The Bertz CT molecular complexity index is 549. The Hall–Kier alpha value is -1.81. The average molecular weight is 260 g/mol. The van der Waals surface area contributed by atoms with E-state index in [0.29, 0.717) is 12.6 Å². The van der Waals surface area contributed by atoms with Crippen LogP contribution in [0.5, 0.6) is 5.75 Å². The molecule has 0 bridgehead atoms. The van der Waals surface area contributed by atoms with Crippen LogP contribution >= 0.6 is 0 Å². The second-order valence-corrected chi connectivity index (χ2v) is 4.76. The van der Waals surface area contributed by atoms with Gasteiger partial charge in [-0.05, 0) is 45.0 Å². The molecule has 0 fully saturated rings. The van der Waals surface area contributed by atoms with Gasteiger partial charge in [0.1, 0.15) is 12.4 Å². The zero-order valence-corrected chi connectivity index (χ0v) is 11.9. The van der Waals surface area contributed by atoms with Crippen LogP contribution in [-0.4, -0.2) is 12.2 Å². The molecule has 0 aliphatic rings. The highest BCUT2D eigenvalue weighted by Crippen LogP contribution is 2.23. The summed E-state index contributed by atoms with van der Waals surface area (Å²) in [6, 6.07) is 8.44. The minimum Gasteiger partial charge on any atom is -0.485 e. The van der Waals surface area contributed by atoms with Crippen molar-refractivity contribution in [3.05, 3.63) is 46.8 Å². The summed E-state index contributed by atoms with van der Waals surface area (Å²) in [5.41, 5.74) is 3.24. The van der Waals surface area contributed by atoms with Crippen LogP contribution < -0.4 is 10.1 Å². The van der Waals surface area contributed by atoms with Crippen molar-refractivity contribution < 1.29 is 9.26 Å². The van der Waals surface area contributed by atoms with Crippen molar-refractivity contribution >= 4 is 0 Å². The van der Waals surface area contributed by atoms with Gasteiger partial charge in [-0.3, -0.25) is 0 Å². The van der Waals surface area contributed by atoms with Crippen LogP contribution in [0.2, 0.25) is 0 Å². The molecule has 2 rings (SSSR count). The second-order valence-electron chi connectivity index (χ2n) is 4.76. The summed E-state index contributed by atoms with van der Waals surface area (Å²) >= 11 is 0. The molecular formula is C15H20N2O2. The van der Waals surface area contributed by atoms with Gasteiger partial charge in [0.2, 0.25) is 0 Å². The topological polar surface area (TPSA) is 47.3 Å². The molecule has 2 aromatic rings. The molecule has 1 aromatic heterocycles. The highest BCUT2D eigenvalue weighted by Gasteiger charge is 2.07. The fourth-order valence-corrected chi connectivity index (χ4v) is 1.90. The maximum Gasteiger partial charge on any atom is 0.174 e. The van der Waals surface area contributed by atoms with E-state index < -0.39 is 0 Å². The maximum absolute atomic E-state index is 5.75. The summed E-state index contributed by atoms with van der Waals surface area (Å²) in [5, 5.41) is 7.06. The molecule has 102 valence electrons. The first-order valence-electron chi connectivity index (χ1n) is 6.43. The van der Waals surface area contributed by atoms with E-state index in [9.17, 15) is 0 Å². The van der Waals surface area contributed by atoms with Gasteiger partial charge in [0.25, 0.3) is 0 Å². The zero-order valence-electron chi connectivity index (χ0n) is 11.9. The quantitative estimate of drug-likeness (QED) is 0.897. The van der Waals surface area contributed by atoms with E-state index in [2.05, 4.69) is 29.5 Å². The average Bonchev–Trinajstić information content (AvgIpc) is 2.82. The SMILES string of the molecule is CNC(C)c1ccc(OCc2cc(C)no2)c(C)c1. The fourth-order valence-electron chi connectivity index (χ4n) is 1.90. The normalized spacial score (nSPS) is 12.4. The maximum atomic E-state index is 5.75. The summed E-state index contributed by atoms with van der Waals surface area (Å²) < 4.78 is 10.9. The Morgan fingerprint density at radius 3 is 2.68 bits per heavy atom. The van der Waals surface area contributed by atoms with Crippen LogP contribution in [0.15, 0.2) is 28.8 Å². The molecule has 0 spiro atoms. The summed E-state index contributed by atoms with van der Waals surface area (Å²) in [6.45, 7) is 6.48. The molecule has 1 atom stereocenters. The molecule has 0 radical (unpaired) electrons. The lowest BCUT2D eigenvalue weighted by molar-refractivity contribution is 0.247. The number of nitrogens with one attached hydrogen (secondary N) is 1. The smallest absolute Gasteiger partial charge is 0.174 e. The van der Waals surface area contributed by atoms with E-state index in [-0.39, 0.29) is 0 Å². The Balaban J connectivity index is 2.05. The Morgan fingerprint density at radius 1 is 1.32 bits per heavy atom. The zero-order chi connectivity index (χ0) is 13.8. The molecule has 1 N–H and O–H groups in total. The molecule has 1 unspecified atom stereocenters. The number of rotatable bonds is 5. The van der Waals surface area contributed by atoms with E-state index in [1.807, 2.05) is 33.0 Å². The van der Waals surface area contributed by atoms with E-state index >= 15 is 0 Å². The van der Waals surface area contributed by atoms with Crippen LogP contribution in [0, 0.1) is 13.8 Å². The first-order valence-corrected chi connectivity index (χ1v) is 6.43. The van der Waals surface area contributed by atoms with Crippen molar-refractivity contribution in [3.63, 3.8) is 0 Å². The van der Waals surface area contributed by atoms with Crippen molar-refractivity contribution in [1.82, 2.24) is 10.5 Å². The molecule has 1 aromatic carbocycles. The number of benzene rings is 1. The van der Waals surface area contributed by atoms with Gasteiger partial charge in [0, 0.05) is 12.1 Å². The van der Waals surface area contributed by atoms with Crippen LogP contribution in [0.25, 0.3) is 0 Å². The molecule has 1 heterocycles. The second kappa shape index (κ2) is 5.89. The molecule has 0 amide bonds. The monoisotopic (exact) mass is 260 g/mol. The summed E-state index contributed by atoms with van der Waals surface area (Å²) in [4.78, 5) is 0. The number of nitrogens with zero attached hydrogens (tertiary/aromatic N) is 1. The third-order valence-electron chi connectivity index (χ3n) is 3.18. The van der Waals surface area contributed by atoms with Crippen LogP contribution in [0.3, 0.4) is 0 Å². The highest BCUT2D eigenvalue weighted by molar-refractivity contribution is 5.37. The van der Waals surface area contributed by atoms with Crippen LogP contribution in [-0.2, 0) is 6.61 Å². The van der Waals surface area contributed by atoms with Gasteiger partial charge in [-0.25, -0.2) is 0 Å². The molecule has 0 saturated carbocycles. The third kappa shape index (κ3) is 3.35. The number of hydrogen-bond donors (Lipinski definition) is 1. The van der Waals surface area contributed by atoms with Crippen molar-refractivity contribution in [1.29, 1.82) is 0 Å². The van der Waals surface area contributed by atoms with E-state index in [1.165, 1.54) is 5.56 Å².